The molecule has 0 saturated heterocycles. The molecule has 0 bridgehead atoms. The van der Waals surface area contributed by atoms with Crippen molar-refractivity contribution in [3.8, 4) is 5.75 Å². The maximum Gasteiger partial charge on any atom is 0.314 e. The van der Waals surface area contributed by atoms with Gasteiger partial charge in [0.25, 0.3) is 16.0 Å². The average molecular weight is 456 g/mol. The van der Waals surface area contributed by atoms with Crippen LogP contribution in [-0.2, 0) is 14.9 Å². The van der Waals surface area contributed by atoms with E-state index in [4.69, 9.17) is 21.6 Å². The summed E-state index contributed by atoms with van der Waals surface area (Å²) in [6.07, 6.45) is 0. The molecule has 30 heavy (non-hydrogen) atoms. The Kier molecular flexibility index (Phi) is 6.71. The van der Waals surface area contributed by atoms with Crippen LogP contribution in [0.4, 0.5) is 17.1 Å². The summed E-state index contributed by atoms with van der Waals surface area (Å²) in [5.41, 5.74) is -0.00530. The Morgan fingerprint density at radius 2 is 1.97 bits per heavy atom. The zero-order chi connectivity index (χ0) is 22.6. The van der Waals surface area contributed by atoms with Gasteiger partial charge in [0, 0.05) is 16.8 Å². The van der Waals surface area contributed by atoms with Gasteiger partial charge in [-0.25, -0.2) is 0 Å². The third-order valence-corrected chi connectivity index (χ3v) is 4.57. The molecule has 0 aromatic heterocycles. The summed E-state index contributed by atoms with van der Waals surface area (Å²) in [7, 11) is -4.85. The molecule has 0 heterocycles. The van der Waals surface area contributed by atoms with Crippen LogP contribution >= 0.6 is 11.6 Å². The van der Waals surface area contributed by atoms with Gasteiger partial charge in [-0.1, -0.05) is 17.7 Å². The fourth-order valence-electron chi connectivity index (χ4n) is 2.14. The molecule has 14 heteroatoms. The number of amides is 1. The van der Waals surface area contributed by atoms with Crippen LogP contribution < -0.4 is 10.7 Å². The second-order valence-corrected chi connectivity index (χ2v) is 7.59. The summed E-state index contributed by atoms with van der Waals surface area (Å²) < 4.78 is 31.8. The molecule has 0 aliphatic carbocycles. The van der Waals surface area contributed by atoms with Crippen LogP contribution in [0.2, 0.25) is 5.02 Å². The van der Waals surface area contributed by atoms with Crippen molar-refractivity contribution in [3.05, 3.63) is 51.5 Å². The number of nitrogens with zero attached hydrogens (tertiary/aromatic N) is 2. The van der Waals surface area contributed by atoms with E-state index >= 15 is 0 Å². The highest BCUT2D eigenvalue weighted by molar-refractivity contribution is 7.85. The number of nitro groups is 1. The van der Waals surface area contributed by atoms with Gasteiger partial charge in [0.15, 0.2) is 5.71 Å². The van der Waals surface area contributed by atoms with Gasteiger partial charge in [0.2, 0.25) is 5.75 Å². The van der Waals surface area contributed by atoms with Crippen molar-refractivity contribution in [3.63, 3.8) is 0 Å². The lowest BCUT2D eigenvalue weighted by molar-refractivity contribution is -0.386. The Labute approximate surface area is 174 Å². The minimum absolute atomic E-state index is 0.299. The number of phenolic OH excluding ortho intramolecular Hbond substituents is 1. The number of hydrogen-bond donors (Lipinski definition) is 5. The molecule has 0 spiro atoms. The molecule has 5 N–H and O–H groups in total. The molecule has 2 aromatic rings. The van der Waals surface area contributed by atoms with Gasteiger partial charge in [0.05, 0.1) is 10.6 Å². The number of phenols is 1. The maximum absolute atomic E-state index is 12.4. The summed E-state index contributed by atoms with van der Waals surface area (Å²) in [4.78, 5) is 21.5. The second kappa shape index (κ2) is 8.86. The number of carbonyl (C=O) groups is 1. The highest BCUT2D eigenvalue weighted by atomic mass is 35.5. The zero-order valence-electron chi connectivity index (χ0n) is 15.1. The van der Waals surface area contributed by atoms with Gasteiger partial charge in [-0.05, 0) is 31.2 Å². The van der Waals surface area contributed by atoms with Crippen LogP contribution in [0.5, 0.6) is 5.75 Å². The van der Waals surface area contributed by atoms with Crippen molar-refractivity contribution in [1.82, 2.24) is 0 Å². The Balaban J connectivity index is 2.43. The van der Waals surface area contributed by atoms with E-state index in [-0.39, 0.29) is 5.71 Å². The van der Waals surface area contributed by atoms with Gasteiger partial charge in [0.1, 0.15) is 10.6 Å². The number of aromatic hydroxyl groups is 1. The molecule has 158 valence electrons. The van der Waals surface area contributed by atoms with E-state index in [1.165, 1.54) is 19.1 Å². The van der Waals surface area contributed by atoms with Crippen molar-refractivity contribution in [2.24, 2.45) is 5.10 Å². The minimum atomic E-state index is -4.85. The molecule has 0 saturated carbocycles. The van der Waals surface area contributed by atoms with Crippen LogP contribution in [0.15, 0.2) is 46.4 Å². The van der Waals surface area contributed by atoms with Crippen LogP contribution in [0, 0.1) is 15.5 Å². The number of carbonyl (C=O) groups excluding carboxylic acids is 1. The Hall–Kier alpha value is -3.55. The highest BCUT2D eigenvalue weighted by Gasteiger charge is 2.24. The van der Waals surface area contributed by atoms with Crippen LogP contribution in [0.25, 0.3) is 0 Å². The van der Waals surface area contributed by atoms with Crippen molar-refractivity contribution in [2.75, 3.05) is 10.7 Å². The summed E-state index contributed by atoms with van der Waals surface area (Å²) in [5.74, 6) is -1.84. The lowest BCUT2D eigenvalue weighted by Crippen LogP contribution is -2.29. The number of hydrogen-bond acceptors (Lipinski definition) is 9. The van der Waals surface area contributed by atoms with Crippen molar-refractivity contribution >= 4 is 56.1 Å². The van der Waals surface area contributed by atoms with Gasteiger partial charge >= 0.3 is 5.69 Å². The van der Waals surface area contributed by atoms with E-state index < -0.39 is 48.7 Å². The van der Waals surface area contributed by atoms with Gasteiger partial charge < -0.3 is 15.8 Å². The number of anilines is 2. The van der Waals surface area contributed by atoms with Crippen LogP contribution in [0.1, 0.15) is 6.92 Å². The first-order chi connectivity index (χ1) is 13.9. The van der Waals surface area contributed by atoms with Crippen LogP contribution in [0.3, 0.4) is 0 Å². The summed E-state index contributed by atoms with van der Waals surface area (Å²) in [6.45, 7) is 1.23. The van der Waals surface area contributed by atoms with E-state index in [0.29, 0.717) is 22.8 Å². The fraction of sp³-hybridized carbons (Fsp3) is 0.0625. The molecule has 1 amide bonds. The standard InChI is InChI=1S/C16H14ClN5O7S/c1-8(18)14(16(24)19-10-4-2-3-9(17)5-10)21-20-12-6-11(30(27,28)29)7-13(15(12)23)22(25)26/h2-7,18,20,23H,1H3,(H,19,24)(H,27,28,29). The fourth-order valence-corrected chi connectivity index (χ4v) is 2.86. The number of benzene rings is 2. The molecule has 0 atom stereocenters. The van der Waals surface area contributed by atoms with Gasteiger partial charge in [-0.3, -0.25) is 24.9 Å². The molecule has 0 unspecified atom stereocenters. The number of rotatable bonds is 7. The van der Waals surface area contributed by atoms with Crippen molar-refractivity contribution in [2.45, 2.75) is 11.8 Å². The van der Waals surface area contributed by atoms with E-state index in [1.807, 2.05) is 0 Å². The normalized spacial score (nSPS) is 11.6. The molecule has 0 aliphatic rings. The molecule has 0 aliphatic heterocycles. The first-order valence-corrected chi connectivity index (χ1v) is 9.67. The number of halogens is 1. The SMILES string of the molecule is CC(=N)C(=NNc1cc(S(=O)(=O)O)cc([N+](=O)[O-])c1O)C(=O)Nc1cccc(Cl)c1. The smallest absolute Gasteiger partial charge is 0.314 e. The van der Waals surface area contributed by atoms with E-state index in [1.54, 1.807) is 12.1 Å². The Bertz CT molecular complexity index is 1180. The van der Waals surface area contributed by atoms with Crippen molar-refractivity contribution < 1.29 is 27.8 Å². The van der Waals surface area contributed by atoms with Crippen LogP contribution in [-0.4, -0.2) is 40.3 Å². The van der Waals surface area contributed by atoms with E-state index in [0.717, 1.165) is 0 Å². The third kappa shape index (κ3) is 5.50. The first-order valence-electron chi connectivity index (χ1n) is 7.85. The largest absolute Gasteiger partial charge is 0.501 e. The monoisotopic (exact) mass is 455 g/mol. The molecule has 12 nitrogen and oxygen atoms in total. The molecular weight excluding hydrogens is 442 g/mol. The number of nitrogens with one attached hydrogen (secondary N) is 3. The van der Waals surface area contributed by atoms with E-state index in [9.17, 15) is 28.4 Å². The highest BCUT2D eigenvalue weighted by Crippen LogP contribution is 2.36. The van der Waals surface area contributed by atoms with Crippen molar-refractivity contribution in [1.29, 1.82) is 5.41 Å². The summed E-state index contributed by atoms with van der Waals surface area (Å²) in [6, 6.07) is 7.24. The lowest BCUT2D eigenvalue weighted by Gasteiger charge is -2.10. The number of hydrazone groups is 1. The lowest BCUT2D eigenvalue weighted by atomic mass is 10.2. The molecular formula is C16H14ClN5O7S. The molecule has 2 rings (SSSR count). The molecule has 0 fully saturated rings. The maximum atomic E-state index is 12.4. The number of nitro benzene ring substituents is 1. The Morgan fingerprint density at radius 3 is 2.50 bits per heavy atom. The minimum Gasteiger partial charge on any atom is -0.501 e. The van der Waals surface area contributed by atoms with Gasteiger partial charge in [-0.15, -0.1) is 0 Å². The van der Waals surface area contributed by atoms with Gasteiger partial charge in [-0.2, -0.15) is 13.5 Å². The first kappa shape index (κ1) is 22.7. The summed E-state index contributed by atoms with van der Waals surface area (Å²) in [5, 5.41) is 35.1. The predicted molar refractivity (Wildman–Crippen MR) is 109 cm³/mol. The van der Waals surface area contributed by atoms with E-state index in [2.05, 4.69) is 15.8 Å². The average Bonchev–Trinajstić information content (AvgIpc) is 2.61. The second-order valence-electron chi connectivity index (χ2n) is 5.73. The quantitative estimate of drug-likeness (QED) is 0.138. The molecule has 2 aromatic carbocycles. The third-order valence-electron chi connectivity index (χ3n) is 3.50. The zero-order valence-corrected chi connectivity index (χ0v) is 16.7. The predicted octanol–water partition coefficient (Wildman–Crippen LogP) is 2.65. The molecule has 0 radical (unpaired) electrons. The summed E-state index contributed by atoms with van der Waals surface area (Å²) >= 11 is 5.83. The topological polar surface area (TPSA) is 195 Å². The Morgan fingerprint density at radius 1 is 1.30 bits per heavy atom.